The van der Waals surface area contributed by atoms with E-state index in [1.807, 2.05) is 0 Å². The Hall–Kier alpha value is -1.39. The van der Waals surface area contributed by atoms with Crippen molar-refractivity contribution in [2.75, 3.05) is 19.6 Å². The molecule has 0 aromatic heterocycles. The van der Waals surface area contributed by atoms with Crippen molar-refractivity contribution in [3.8, 4) is 0 Å². The van der Waals surface area contributed by atoms with E-state index >= 15 is 0 Å². The molecule has 0 radical (unpaired) electrons. The molecular weight excluding hydrogens is 288 g/mol. The van der Waals surface area contributed by atoms with Crippen LogP contribution in [-0.2, 0) is 11.2 Å². The summed E-state index contributed by atoms with van der Waals surface area (Å²) < 4.78 is 0. The maximum Gasteiger partial charge on any atom is 0.320 e. The van der Waals surface area contributed by atoms with Crippen LogP contribution in [0.1, 0.15) is 44.6 Å². The molecule has 4 heteroatoms. The molecule has 0 bridgehead atoms. The van der Waals surface area contributed by atoms with Crippen LogP contribution in [0.4, 0.5) is 0 Å². The number of carboxylic acid groups (broad SMARTS) is 1. The summed E-state index contributed by atoms with van der Waals surface area (Å²) in [6.07, 6.45) is 5.94. The highest BCUT2D eigenvalue weighted by Crippen LogP contribution is 2.13. The van der Waals surface area contributed by atoms with E-state index in [9.17, 15) is 9.90 Å². The number of benzene rings is 1. The molecule has 1 heterocycles. The monoisotopic (exact) mass is 318 g/mol. The summed E-state index contributed by atoms with van der Waals surface area (Å²) >= 11 is 0. The summed E-state index contributed by atoms with van der Waals surface area (Å²) in [6.45, 7) is 5.31. The van der Waals surface area contributed by atoms with E-state index in [2.05, 4.69) is 47.5 Å². The van der Waals surface area contributed by atoms with Gasteiger partial charge in [-0.15, -0.1) is 0 Å². The van der Waals surface area contributed by atoms with Gasteiger partial charge in [-0.25, -0.2) is 0 Å². The fourth-order valence-corrected chi connectivity index (χ4v) is 3.23. The van der Waals surface area contributed by atoms with Gasteiger partial charge in [-0.2, -0.15) is 0 Å². The number of nitrogens with one attached hydrogen (secondary N) is 1. The van der Waals surface area contributed by atoms with Crippen LogP contribution in [0.25, 0.3) is 0 Å². The Labute approximate surface area is 139 Å². The molecule has 0 spiro atoms. The third-order valence-electron chi connectivity index (χ3n) is 4.73. The fraction of sp³-hybridized carbons (Fsp3) is 0.632. The van der Waals surface area contributed by atoms with Gasteiger partial charge >= 0.3 is 5.97 Å². The Kier molecular flexibility index (Phi) is 7.56. The van der Waals surface area contributed by atoms with Crippen LogP contribution in [-0.4, -0.2) is 47.7 Å². The van der Waals surface area contributed by atoms with Crippen molar-refractivity contribution < 1.29 is 9.90 Å². The molecule has 0 aliphatic carbocycles. The first-order valence-electron chi connectivity index (χ1n) is 8.94. The number of nitrogens with zero attached hydrogens (tertiary/aromatic N) is 1. The Morgan fingerprint density at radius 1 is 1.30 bits per heavy atom. The molecule has 1 aliphatic heterocycles. The number of hydrogen-bond acceptors (Lipinski definition) is 3. The van der Waals surface area contributed by atoms with Gasteiger partial charge in [-0.3, -0.25) is 4.79 Å². The van der Waals surface area contributed by atoms with Crippen molar-refractivity contribution in [2.24, 2.45) is 0 Å². The zero-order chi connectivity index (χ0) is 16.5. The summed E-state index contributed by atoms with van der Waals surface area (Å²) in [7, 11) is 0. The maximum atomic E-state index is 11.3. The molecule has 23 heavy (non-hydrogen) atoms. The first-order chi connectivity index (χ1) is 11.2. The normalized spacial score (nSPS) is 18.0. The molecule has 1 saturated heterocycles. The molecule has 128 valence electrons. The van der Waals surface area contributed by atoms with Crippen LogP contribution in [0.3, 0.4) is 0 Å². The Morgan fingerprint density at radius 2 is 2.00 bits per heavy atom. The highest BCUT2D eigenvalue weighted by atomic mass is 16.4. The lowest BCUT2D eigenvalue weighted by atomic mass is 10.0. The lowest BCUT2D eigenvalue weighted by Crippen LogP contribution is -2.49. The second kappa shape index (κ2) is 9.68. The van der Waals surface area contributed by atoms with Crippen LogP contribution in [0, 0.1) is 0 Å². The lowest BCUT2D eigenvalue weighted by Gasteiger charge is -2.33. The van der Waals surface area contributed by atoms with Gasteiger partial charge in [0.15, 0.2) is 0 Å². The van der Waals surface area contributed by atoms with Gasteiger partial charge in [0.2, 0.25) is 0 Å². The molecule has 2 N–H and O–H groups in total. The van der Waals surface area contributed by atoms with Crippen molar-refractivity contribution >= 4 is 5.97 Å². The second-order valence-corrected chi connectivity index (χ2v) is 6.55. The quantitative estimate of drug-likeness (QED) is 0.735. The van der Waals surface area contributed by atoms with Crippen LogP contribution >= 0.6 is 0 Å². The van der Waals surface area contributed by atoms with E-state index in [0.717, 1.165) is 58.2 Å². The zero-order valence-corrected chi connectivity index (χ0v) is 14.2. The second-order valence-electron chi connectivity index (χ2n) is 6.55. The summed E-state index contributed by atoms with van der Waals surface area (Å²) in [5, 5.41) is 12.7. The predicted molar refractivity (Wildman–Crippen MR) is 93.7 cm³/mol. The Bertz CT molecular complexity index is 456. The van der Waals surface area contributed by atoms with Gasteiger partial charge in [0.25, 0.3) is 0 Å². The van der Waals surface area contributed by atoms with Crippen LogP contribution < -0.4 is 5.32 Å². The number of likely N-dealkylation sites (tertiary alicyclic amines) is 1. The fourth-order valence-electron chi connectivity index (χ4n) is 3.23. The largest absolute Gasteiger partial charge is 0.480 e. The number of aliphatic carboxylic acids is 1. The van der Waals surface area contributed by atoms with E-state index in [1.165, 1.54) is 5.56 Å². The van der Waals surface area contributed by atoms with E-state index in [1.54, 1.807) is 0 Å². The van der Waals surface area contributed by atoms with Gasteiger partial charge in [0, 0.05) is 12.6 Å². The van der Waals surface area contributed by atoms with Gasteiger partial charge in [-0.1, -0.05) is 50.1 Å². The van der Waals surface area contributed by atoms with Crippen molar-refractivity contribution in [3.05, 3.63) is 35.9 Å². The molecule has 1 fully saturated rings. The molecule has 0 unspecified atom stereocenters. The minimum Gasteiger partial charge on any atom is -0.480 e. The first-order valence-corrected chi connectivity index (χ1v) is 8.94. The third-order valence-corrected chi connectivity index (χ3v) is 4.73. The summed E-state index contributed by atoms with van der Waals surface area (Å²) in [4.78, 5) is 13.8. The highest BCUT2D eigenvalue weighted by molar-refractivity contribution is 5.73. The van der Waals surface area contributed by atoms with Crippen molar-refractivity contribution in [2.45, 2.75) is 57.5 Å². The molecule has 1 aliphatic rings. The number of rotatable bonds is 9. The standard InChI is InChI=1S/C19H30N2O2/c1-2-3-9-18(19(22)23)20-17-11-14-21(15-12-17)13-10-16-7-5-4-6-8-16/h4-8,17-18,20H,2-3,9-15H2,1H3,(H,22,23)/t18-/m0/s1. The van der Waals surface area contributed by atoms with Crippen molar-refractivity contribution in [1.82, 2.24) is 10.2 Å². The van der Waals surface area contributed by atoms with Gasteiger partial charge in [0.1, 0.15) is 6.04 Å². The van der Waals surface area contributed by atoms with Crippen LogP contribution in [0.5, 0.6) is 0 Å². The highest BCUT2D eigenvalue weighted by Gasteiger charge is 2.24. The number of unbranched alkanes of at least 4 members (excludes halogenated alkanes) is 1. The van der Waals surface area contributed by atoms with Crippen LogP contribution in [0.2, 0.25) is 0 Å². The molecule has 1 aromatic rings. The molecule has 1 atom stereocenters. The predicted octanol–water partition coefficient (Wildman–Crippen LogP) is 2.93. The molecule has 1 aromatic carbocycles. The number of hydrogen-bond donors (Lipinski definition) is 2. The SMILES string of the molecule is CCCC[C@H](NC1CCN(CCc2ccccc2)CC1)C(=O)O. The number of carboxylic acids is 1. The van der Waals surface area contributed by atoms with Gasteiger partial charge in [-0.05, 0) is 44.3 Å². The summed E-state index contributed by atoms with van der Waals surface area (Å²) in [6, 6.07) is 10.6. The number of carbonyl (C=O) groups is 1. The van der Waals surface area contributed by atoms with E-state index in [-0.39, 0.29) is 6.04 Å². The molecule has 0 saturated carbocycles. The van der Waals surface area contributed by atoms with Gasteiger partial charge in [0.05, 0.1) is 0 Å². The Morgan fingerprint density at radius 3 is 2.61 bits per heavy atom. The van der Waals surface area contributed by atoms with E-state index < -0.39 is 5.97 Å². The molecular formula is C19H30N2O2. The average Bonchev–Trinajstić information content (AvgIpc) is 2.58. The molecule has 2 rings (SSSR count). The van der Waals surface area contributed by atoms with Crippen molar-refractivity contribution in [1.29, 1.82) is 0 Å². The van der Waals surface area contributed by atoms with Gasteiger partial charge < -0.3 is 15.3 Å². The summed E-state index contributed by atoms with van der Waals surface area (Å²) in [5.41, 5.74) is 1.39. The first kappa shape index (κ1) is 18.0. The third kappa shape index (κ3) is 6.32. The topological polar surface area (TPSA) is 52.6 Å². The smallest absolute Gasteiger partial charge is 0.320 e. The average molecular weight is 318 g/mol. The minimum atomic E-state index is -0.704. The van der Waals surface area contributed by atoms with E-state index in [4.69, 9.17) is 0 Å². The van der Waals surface area contributed by atoms with E-state index in [0.29, 0.717) is 6.04 Å². The zero-order valence-electron chi connectivity index (χ0n) is 14.2. The van der Waals surface area contributed by atoms with Crippen molar-refractivity contribution in [3.63, 3.8) is 0 Å². The minimum absolute atomic E-state index is 0.348. The molecule has 0 amide bonds. The molecule has 4 nitrogen and oxygen atoms in total. The number of piperidine rings is 1. The maximum absolute atomic E-state index is 11.3. The lowest BCUT2D eigenvalue weighted by molar-refractivity contribution is -0.140. The summed E-state index contributed by atoms with van der Waals surface area (Å²) in [5.74, 6) is -0.704. The van der Waals surface area contributed by atoms with Crippen LogP contribution in [0.15, 0.2) is 30.3 Å². The Balaban J connectivity index is 1.69.